The second kappa shape index (κ2) is 6.00. The third-order valence-corrected chi connectivity index (χ3v) is 3.00. The lowest BCUT2D eigenvalue weighted by Gasteiger charge is -2.24. The standard InChI is InChI=1S/C11H20ClN5/c1-6(2)8(7(3)4)5-14-11-16-9(12)15-10(13)17-11/h6-8H,5H2,1-4H3,(H3,13,14,15,16,17). The third kappa shape index (κ3) is 4.34. The molecular weight excluding hydrogens is 238 g/mol. The summed E-state index contributed by atoms with van der Waals surface area (Å²) in [6.45, 7) is 9.64. The van der Waals surface area contributed by atoms with Crippen molar-refractivity contribution >= 4 is 23.5 Å². The molecule has 0 unspecified atom stereocenters. The number of rotatable bonds is 5. The van der Waals surface area contributed by atoms with Gasteiger partial charge in [-0.15, -0.1) is 0 Å². The van der Waals surface area contributed by atoms with E-state index in [0.717, 1.165) is 6.54 Å². The van der Waals surface area contributed by atoms with E-state index in [0.29, 0.717) is 23.7 Å². The number of halogens is 1. The Morgan fingerprint density at radius 3 is 2.18 bits per heavy atom. The Balaban J connectivity index is 2.65. The van der Waals surface area contributed by atoms with Gasteiger partial charge in [0.2, 0.25) is 17.2 Å². The van der Waals surface area contributed by atoms with Gasteiger partial charge in [0, 0.05) is 6.54 Å². The summed E-state index contributed by atoms with van der Waals surface area (Å²) in [6.07, 6.45) is 0. The van der Waals surface area contributed by atoms with Gasteiger partial charge in [0.1, 0.15) is 0 Å². The SMILES string of the molecule is CC(C)C(CNc1nc(N)nc(Cl)n1)C(C)C. The van der Waals surface area contributed by atoms with E-state index in [1.54, 1.807) is 0 Å². The zero-order valence-electron chi connectivity index (χ0n) is 10.7. The van der Waals surface area contributed by atoms with E-state index in [1.807, 2.05) is 0 Å². The van der Waals surface area contributed by atoms with Gasteiger partial charge in [0.15, 0.2) is 0 Å². The van der Waals surface area contributed by atoms with Crippen LogP contribution in [0.3, 0.4) is 0 Å². The van der Waals surface area contributed by atoms with Gasteiger partial charge in [0.05, 0.1) is 0 Å². The molecule has 0 saturated carbocycles. The van der Waals surface area contributed by atoms with E-state index in [4.69, 9.17) is 17.3 Å². The summed E-state index contributed by atoms with van der Waals surface area (Å²) >= 11 is 5.71. The fraction of sp³-hybridized carbons (Fsp3) is 0.727. The minimum absolute atomic E-state index is 0.116. The number of nitrogens with two attached hydrogens (primary N) is 1. The van der Waals surface area contributed by atoms with Crippen molar-refractivity contribution < 1.29 is 0 Å². The van der Waals surface area contributed by atoms with Crippen molar-refractivity contribution in [3.8, 4) is 0 Å². The van der Waals surface area contributed by atoms with Crippen LogP contribution in [0.5, 0.6) is 0 Å². The average Bonchev–Trinajstić information content (AvgIpc) is 2.14. The van der Waals surface area contributed by atoms with E-state index in [-0.39, 0.29) is 11.2 Å². The van der Waals surface area contributed by atoms with Gasteiger partial charge in [-0.05, 0) is 29.4 Å². The highest BCUT2D eigenvalue weighted by Crippen LogP contribution is 2.20. The van der Waals surface area contributed by atoms with Crippen LogP contribution in [0, 0.1) is 17.8 Å². The Morgan fingerprint density at radius 2 is 1.71 bits per heavy atom. The van der Waals surface area contributed by atoms with Crippen LogP contribution in [0.1, 0.15) is 27.7 Å². The minimum Gasteiger partial charge on any atom is -0.368 e. The molecule has 17 heavy (non-hydrogen) atoms. The molecule has 0 aromatic carbocycles. The van der Waals surface area contributed by atoms with Crippen LogP contribution in [-0.4, -0.2) is 21.5 Å². The van der Waals surface area contributed by atoms with Gasteiger partial charge in [-0.3, -0.25) is 0 Å². The van der Waals surface area contributed by atoms with Crippen molar-refractivity contribution in [3.63, 3.8) is 0 Å². The smallest absolute Gasteiger partial charge is 0.228 e. The normalized spacial score (nSPS) is 11.5. The van der Waals surface area contributed by atoms with E-state index >= 15 is 0 Å². The van der Waals surface area contributed by atoms with Gasteiger partial charge in [0.25, 0.3) is 0 Å². The van der Waals surface area contributed by atoms with Crippen molar-refractivity contribution in [2.45, 2.75) is 27.7 Å². The van der Waals surface area contributed by atoms with Crippen LogP contribution in [0.4, 0.5) is 11.9 Å². The molecule has 6 heteroatoms. The first-order chi connectivity index (χ1) is 7.90. The molecule has 0 radical (unpaired) electrons. The monoisotopic (exact) mass is 257 g/mol. The molecule has 0 spiro atoms. The van der Waals surface area contributed by atoms with Crippen LogP contribution >= 0.6 is 11.6 Å². The highest BCUT2D eigenvalue weighted by atomic mass is 35.5. The Kier molecular flexibility index (Phi) is 4.93. The fourth-order valence-corrected chi connectivity index (χ4v) is 2.06. The molecular formula is C11H20ClN5. The molecule has 0 bridgehead atoms. The van der Waals surface area contributed by atoms with Gasteiger partial charge >= 0.3 is 0 Å². The third-order valence-electron chi connectivity index (χ3n) is 2.83. The molecule has 0 aliphatic carbocycles. The van der Waals surface area contributed by atoms with Crippen LogP contribution < -0.4 is 11.1 Å². The van der Waals surface area contributed by atoms with Crippen molar-refractivity contribution in [1.29, 1.82) is 0 Å². The number of nitrogens with zero attached hydrogens (tertiary/aromatic N) is 3. The van der Waals surface area contributed by atoms with Gasteiger partial charge in [-0.1, -0.05) is 27.7 Å². The zero-order valence-corrected chi connectivity index (χ0v) is 11.5. The van der Waals surface area contributed by atoms with Crippen LogP contribution in [0.15, 0.2) is 0 Å². The first-order valence-corrected chi connectivity index (χ1v) is 6.19. The molecule has 1 aromatic heterocycles. The summed E-state index contributed by atoms with van der Waals surface area (Å²) in [6, 6.07) is 0. The van der Waals surface area contributed by atoms with E-state index in [1.165, 1.54) is 0 Å². The summed E-state index contributed by atoms with van der Waals surface area (Å²) in [7, 11) is 0. The Bertz CT molecular complexity index is 339. The molecule has 5 nitrogen and oxygen atoms in total. The Labute approximate surface area is 107 Å². The molecule has 0 atom stereocenters. The molecule has 1 aromatic rings. The number of aromatic nitrogens is 3. The van der Waals surface area contributed by atoms with Crippen LogP contribution in [0.25, 0.3) is 0 Å². The molecule has 1 heterocycles. The molecule has 96 valence electrons. The topological polar surface area (TPSA) is 76.7 Å². The quantitative estimate of drug-likeness (QED) is 0.847. The largest absolute Gasteiger partial charge is 0.368 e. The van der Waals surface area contributed by atoms with E-state index in [9.17, 15) is 0 Å². The van der Waals surface area contributed by atoms with Gasteiger partial charge in [-0.2, -0.15) is 15.0 Å². The van der Waals surface area contributed by atoms with Gasteiger partial charge in [-0.25, -0.2) is 0 Å². The van der Waals surface area contributed by atoms with Crippen molar-refractivity contribution in [2.24, 2.45) is 17.8 Å². The lowest BCUT2D eigenvalue weighted by atomic mass is 9.85. The minimum atomic E-state index is 0.116. The second-order valence-electron chi connectivity index (χ2n) is 4.82. The first-order valence-electron chi connectivity index (χ1n) is 5.81. The van der Waals surface area contributed by atoms with Crippen molar-refractivity contribution in [1.82, 2.24) is 15.0 Å². The first kappa shape index (κ1) is 14.0. The number of nitrogens with one attached hydrogen (secondary N) is 1. The van der Waals surface area contributed by atoms with Crippen LogP contribution in [-0.2, 0) is 0 Å². The summed E-state index contributed by atoms with van der Waals surface area (Å²) in [5.41, 5.74) is 5.50. The van der Waals surface area contributed by atoms with E-state index in [2.05, 4.69) is 48.0 Å². The summed E-state index contributed by atoms with van der Waals surface area (Å²) in [5.74, 6) is 2.31. The fourth-order valence-electron chi connectivity index (χ4n) is 1.89. The predicted molar refractivity (Wildman–Crippen MR) is 70.9 cm³/mol. The van der Waals surface area contributed by atoms with Crippen molar-refractivity contribution in [3.05, 3.63) is 5.28 Å². The lowest BCUT2D eigenvalue weighted by Crippen LogP contribution is -2.25. The molecule has 3 N–H and O–H groups in total. The highest BCUT2D eigenvalue weighted by molar-refractivity contribution is 6.28. The molecule has 1 rings (SSSR count). The Morgan fingerprint density at radius 1 is 1.12 bits per heavy atom. The average molecular weight is 258 g/mol. The zero-order chi connectivity index (χ0) is 13.0. The molecule has 0 fully saturated rings. The number of hydrogen-bond donors (Lipinski definition) is 2. The molecule has 0 aliphatic rings. The lowest BCUT2D eigenvalue weighted by molar-refractivity contribution is 0.304. The molecule has 0 amide bonds. The highest BCUT2D eigenvalue weighted by Gasteiger charge is 2.17. The maximum absolute atomic E-state index is 5.71. The molecule has 0 saturated heterocycles. The number of anilines is 2. The molecule has 0 aliphatic heterocycles. The number of nitrogen functional groups attached to an aromatic ring is 1. The predicted octanol–water partition coefficient (Wildman–Crippen LogP) is 2.45. The Hall–Kier alpha value is -1.10. The second-order valence-corrected chi connectivity index (χ2v) is 5.16. The maximum Gasteiger partial charge on any atom is 0.228 e. The van der Waals surface area contributed by atoms with Crippen LogP contribution in [0.2, 0.25) is 5.28 Å². The van der Waals surface area contributed by atoms with E-state index < -0.39 is 0 Å². The summed E-state index contributed by atoms with van der Waals surface area (Å²) in [5, 5.41) is 3.28. The summed E-state index contributed by atoms with van der Waals surface area (Å²) in [4.78, 5) is 11.7. The van der Waals surface area contributed by atoms with Crippen molar-refractivity contribution in [2.75, 3.05) is 17.6 Å². The van der Waals surface area contributed by atoms with Gasteiger partial charge < -0.3 is 11.1 Å². The summed E-state index contributed by atoms with van der Waals surface area (Å²) < 4.78 is 0. The maximum atomic E-state index is 5.71. The number of hydrogen-bond acceptors (Lipinski definition) is 5.